The summed E-state index contributed by atoms with van der Waals surface area (Å²) in [5.41, 5.74) is 0.772. The van der Waals surface area contributed by atoms with Gasteiger partial charge in [-0.2, -0.15) is 0 Å². The fourth-order valence-electron chi connectivity index (χ4n) is 2.17. The highest BCUT2D eigenvalue weighted by molar-refractivity contribution is 7.11. The van der Waals surface area contributed by atoms with Crippen LogP contribution < -0.4 is 10.4 Å². The predicted octanol–water partition coefficient (Wildman–Crippen LogP) is 4.22. The summed E-state index contributed by atoms with van der Waals surface area (Å²) < 4.78 is 6.13. The summed E-state index contributed by atoms with van der Waals surface area (Å²) in [4.78, 5) is 29.5. The van der Waals surface area contributed by atoms with Gasteiger partial charge in [-0.1, -0.05) is 34.5 Å². The molecule has 5 nitrogen and oxygen atoms in total. The third kappa shape index (κ3) is 4.04. The molecule has 0 unspecified atom stereocenters. The van der Waals surface area contributed by atoms with Gasteiger partial charge < -0.3 is 4.74 Å². The number of nitrogens with zero attached hydrogens (tertiary/aromatic N) is 2. The quantitative estimate of drug-likeness (QED) is 0.611. The lowest BCUT2D eigenvalue weighted by Crippen LogP contribution is -2.31. The number of hydrogen-bond acceptors (Lipinski definition) is 5. The molecule has 132 valence electrons. The normalized spacial score (nSPS) is 11.4. The Morgan fingerprint density at radius 2 is 1.62 bits per heavy atom. The van der Waals surface area contributed by atoms with Gasteiger partial charge in [0.2, 0.25) is 0 Å². The van der Waals surface area contributed by atoms with E-state index in [1.54, 1.807) is 48.5 Å². The third-order valence-corrected chi connectivity index (χ3v) is 4.86. The molecular weight excluding hydrogens is 395 g/mol. The third-order valence-electron chi connectivity index (χ3n) is 3.39. The van der Waals surface area contributed by atoms with E-state index in [4.69, 9.17) is 27.9 Å². The van der Waals surface area contributed by atoms with E-state index in [0.29, 0.717) is 26.2 Å². The first kappa shape index (κ1) is 18.4. The van der Waals surface area contributed by atoms with Gasteiger partial charge in [0.15, 0.2) is 4.80 Å². The van der Waals surface area contributed by atoms with Crippen LogP contribution in [-0.4, -0.2) is 17.6 Å². The molecule has 1 aromatic heterocycles. The molecule has 0 amide bonds. The standard InChI is InChI=1S/C18H12Cl2N2O3S/c1-25-17(24)15-10-16(23)22(14-8-4-12(20)5-9-14)18(26-15)21-13-6-2-11(19)3-7-13/h2-10H,1H3. The van der Waals surface area contributed by atoms with Gasteiger partial charge in [-0.3, -0.25) is 9.36 Å². The van der Waals surface area contributed by atoms with Crippen molar-refractivity contribution in [3.05, 3.63) is 84.7 Å². The van der Waals surface area contributed by atoms with Crippen molar-refractivity contribution in [3.8, 4) is 5.69 Å². The minimum atomic E-state index is -0.595. The lowest BCUT2D eigenvalue weighted by atomic mass is 10.3. The van der Waals surface area contributed by atoms with Crippen LogP contribution in [0.15, 0.2) is 64.4 Å². The Hall–Kier alpha value is -2.41. The Bertz CT molecular complexity index is 1070. The molecule has 0 N–H and O–H groups in total. The summed E-state index contributed by atoms with van der Waals surface area (Å²) in [6, 6.07) is 14.8. The van der Waals surface area contributed by atoms with Gasteiger partial charge >= 0.3 is 5.97 Å². The molecule has 0 fully saturated rings. The van der Waals surface area contributed by atoms with E-state index in [-0.39, 0.29) is 4.88 Å². The van der Waals surface area contributed by atoms with Crippen LogP contribution in [0.4, 0.5) is 5.69 Å². The second-order valence-electron chi connectivity index (χ2n) is 5.12. The minimum absolute atomic E-state index is 0.162. The molecule has 0 aliphatic heterocycles. The number of carbonyl (C=O) groups is 1. The zero-order valence-corrected chi connectivity index (χ0v) is 15.8. The lowest BCUT2D eigenvalue weighted by Gasteiger charge is -2.08. The second kappa shape index (κ2) is 7.86. The van der Waals surface area contributed by atoms with Gasteiger partial charge in [0.1, 0.15) is 4.88 Å². The molecule has 2 aromatic carbocycles. The minimum Gasteiger partial charge on any atom is -0.465 e. The van der Waals surface area contributed by atoms with Crippen molar-refractivity contribution in [2.75, 3.05) is 7.11 Å². The van der Waals surface area contributed by atoms with Crippen LogP contribution in [0.1, 0.15) is 9.67 Å². The lowest BCUT2D eigenvalue weighted by molar-refractivity contribution is 0.0606. The molecule has 26 heavy (non-hydrogen) atoms. The van der Waals surface area contributed by atoms with Gasteiger partial charge in [-0.15, -0.1) is 0 Å². The fraction of sp³-hybridized carbons (Fsp3) is 0.0556. The number of rotatable bonds is 3. The topological polar surface area (TPSA) is 60.7 Å². The van der Waals surface area contributed by atoms with Crippen LogP contribution in [0.5, 0.6) is 0 Å². The van der Waals surface area contributed by atoms with Gasteiger partial charge in [0.25, 0.3) is 5.56 Å². The van der Waals surface area contributed by atoms with Crippen molar-refractivity contribution in [2.24, 2.45) is 4.99 Å². The largest absolute Gasteiger partial charge is 0.465 e. The molecule has 0 saturated heterocycles. The summed E-state index contributed by atoms with van der Waals surface area (Å²) in [6.07, 6.45) is 0. The average molecular weight is 407 g/mol. The van der Waals surface area contributed by atoms with Crippen LogP contribution in [0.3, 0.4) is 0 Å². The number of benzene rings is 2. The van der Waals surface area contributed by atoms with Gasteiger partial charge in [0.05, 0.1) is 18.5 Å². The summed E-state index contributed by atoms with van der Waals surface area (Å²) in [5.74, 6) is -0.595. The predicted molar refractivity (Wildman–Crippen MR) is 103 cm³/mol. The van der Waals surface area contributed by atoms with Crippen LogP contribution in [0, 0.1) is 0 Å². The van der Waals surface area contributed by atoms with Crippen LogP contribution in [0.25, 0.3) is 5.69 Å². The zero-order valence-electron chi connectivity index (χ0n) is 13.5. The molecule has 0 aliphatic carbocycles. The molecule has 1 heterocycles. The number of ether oxygens (including phenoxy) is 1. The highest BCUT2D eigenvalue weighted by atomic mass is 35.5. The summed E-state index contributed by atoms with van der Waals surface area (Å²) in [5, 5.41) is 1.12. The molecule has 0 atom stereocenters. The molecule has 0 saturated carbocycles. The molecule has 3 aromatic rings. The molecular formula is C18H12Cl2N2O3S. The van der Waals surface area contributed by atoms with E-state index in [1.165, 1.54) is 17.7 Å². The monoisotopic (exact) mass is 406 g/mol. The molecule has 0 radical (unpaired) electrons. The zero-order chi connectivity index (χ0) is 18.7. The maximum atomic E-state index is 12.7. The van der Waals surface area contributed by atoms with Gasteiger partial charge in [0, 0.05) is 16.1 Å². The number of aromatic nitrogens is 1. The fourth-order valence-corrected chi connectivity index (χ4v) is 3.39. The Morgan fingerprint density at radius 1 is 1.04 bits per heavy atom. The average Bonchev–Trinajstić information content (AvgIpc) is 2.64. The second-order valence-corrected chi connectivity index (χ2v) is 7.01. The smallest absolute Gasteiger partial charge is 0.348 e. The molecule has 8 heteroatoms. The first-order valence-corrected chi connectivity index (χ1v) is 8.97. The van der Waals surface area contributed by atoms with Crippen molar-refractivity contribution in [2.45, 2.75) is 0 Å². The van der Waals surface area contributed by atoms with Crippen molar-refractivity contribution in [1.29, 1.82) is 0 Å². The Morgan fingerprint density at radius 3 is 2.19 bits per heavy atom. The maximum Gasteiger partial charge on any atom is 0.348 e. The van der Waals surface area contributed by atoms with Crippen LogP contribution >= 0.6 is 34.5 Å². The maximum absolute atomic E-state index is 12.7. The molecule has 0 aliphatic rings. The van der Waals surface area contributed by atoms with Gasteiger partial charge in [-0.05, 0) is 48.5 Å². The Labute approximate surface area is 162 Å². The molecule has 0 bridgehead atoms. The van der Waals surface area contributed by atoms with Crippen LogP contribution in [-0.2, 0) is 4.74 Å². The van der Waals surface area contributed by atoms with E-state index < -0.39 is 11.5 Å². The van der Waals surface area contributed by atoms with Crippen molar-refractivity contribution in [1.82, 2.24) is 4.57 Å². The molecule has 0 spiro atoms. The number of carbonyl (C=O) groups excluding carboxylic acids is 1. The summed E-state index contributed by atoms with van der Waals surface area (Å²) in [7, 11) is 1.26. The first-order valence-electron chi connectivity index (χ1n) is 7.39. The number of esters is 1. The molecule has 3 rings (SSSR count). The number of halogens is 2. The van der Waals surface area contributed by atoms with Crippen molar-refractivity contribution >= 4 is 46.2 Å². The van der Waals surface area contributed by atoms with E-state index in [1.807, 2.05) is 0 Å². The first-order chi connectivity index (χ1) is 12.5. The van der Waals surface area contributed by atoms with E-state index in [0.717, 1.165) is 11.3 Å². The van der Waals surface area contributed by atoms with Gasteiger partial charge in [-0.25, -0.2) is 9.79 Å². The highest BCUT2D eigenvalue weighted by Gasteiger charge is 2.12. The van der Waals surface area contributed by atoms with E-state index in [9.17, 15) is 9.59 Å². The van der Waals surface area contributed by atoms with Crippen molar-refractivity contribution in [3.63, 3.8) is 0 Å². The Balaban J connectivity index is 2.28. The van der Waals surface area contributed by atoms with Crippen molar-refractivity contribution < 1.29 is 9.53 Å². The summed E-state index contributed by atoms with van der Waals surface area (Å²) >= 11 is 12.9. The van der Waals surface area contributed by atoms with E-state index in [2.05, 4.69) is 4.99 Å². The van der Waals surface area contributed by atoms with Crippen LogP contribution in [0.2, 0.25) is 10.0 Å². The SMILES string of the molecule is COC(=O)c1cc(=O)n(-c2ccc(Cl)cc2)c(=Nc2ccc(Cl)cc2)s1. The highest BCUT2D eigenvalue weighted by Crippen LogP contribution is 2.17. The number of hydrogen-bond donors (Lipinski definition) is 0. The summed E-state index contributed by atoms with van der Waals surface area (Å²) in [6.45, 7) is 0. The number of methoxy groups -OCH3 is 1. The van der Waals surface area contributed by atoms with E-state index >= 15 is 0 Å². The Kier molecular flexibility index (Phi) is 5.56.